The van der Waals surface area contributed by atoms with Crippen LogP contribution in [0, 0.1) is 0 Å². The molecule has 3 aliphatic rings. The summed E-state index contributed by atoms with van der Waals surface area (Å²) >= 11 is 0. The highest BCUT2D eigenvalue weighted by atomic mass is 16.7. The number of esters is 2. The number of Topliss-reactive ketones (excluding diaryl/α,β-unsaturated/α-hetero) is 1. The molecule has 0 spiro atoms. The zero-order chi connectivity index (χ0) is 22.5. The van der Waals surface area contributed by atoms with E-state index in [0.29, 0.717) is 11.3 Å². The number of hydrogen-bond donors (Lipinski definition) is 0. The van der Waals surface area contributed by atoms with Crippen LogP contribution in [0.15, 0.2) is 95.9 Å². The third-order valence-electron chi connectivity index (χ3n) is 5.38. The number of rotatable bonds is 2. The summed E-state index contributed by atoms with van der Waals surface area (Å²) in [4.78, 5) is 40.4. The number of benzene rings is 2. The number of hydrogen-bond acceptors (Lipinski definition) is 6. The minimum absolute atomic E-state index is 0.199. The lowest BCUT2D eigenvalue weighted by atomic mass is 9.97. The summed E-state index contributed by atoms with van der Waals surface area (Å²) in [6.07, 6.45) is 4.84. The molecule has 3 heterocycles. The molecule has 2 aromatic carbocycles. The second-order valence-electron chi connectivity index (χ2n) is 8.01. The van der Waals surface area contributed by atoms with E-state index >= 15 is 0 Å². The highest BCUT2D eigenvalue weighted by molar-refractivity contribution is 6.38. The van der Waals surface area contributed by atoms with E-state index in [1.165, 1.54) is 19.9 Å². The Morgan fingerprint density at radius 1 is 0.750 bits per heavy atom. The predicted molar refractivity (Wildman–Crippen MR) is 117 cm³/mol. The summed E-state index contributed by atoms with van der Waals surface area (Å²) in [5.41, 5.74) is 3.34. The van der Waals surface area contributed by atoms with Gasteiger partial charge in [0.2, 0.25) is 5.78 Å². The second-order valence-corrected chi connectivity index (χ2v) is 8.01. The Morgan fingerprint density at radius 2 is 1.31 bits per heavy atom. The average Bonchev–Trinajstić information content (AvgIpc) is 3.06. The molecule has 32 heavy (non-hydrogen) atoms. The van der Waals surface area contributed by atoms with Crippen LogP contribution in [0.1, 0.15) is 25.0 Å². The summed E-state index contributed by atoms with van der Waals surface area (Å²) < 4.78 is 10.4. The highest BCUT2D eigenvalue weighted by Gasteiger charge is 2.42. The van der Waals surface area contributed by atoms with Crippen molar-refractivity contribution in [1.29, 1.82) is 0 Å². The summed E-state index contributed by atoms with van der Waals surface area (Å²) in [6, 6.07) is 19.0. The molecule has 5 rings (SSSR count). The number of ketones is 1. The van der Waals surface area contributed by atoms with Crippen LogP contribution in [0.3, 0.4) is 0 Å². The molecule has 3 aliphatic heterocycles. The van der Waals surface area contributed by atoms with Crippen molar-refractivity contribution in [3.05, 3.63) is 107 Å². The van der Waals surface area contributed by atoms with Gasteiger partial charge in [0.1, 0.15) is 0 Å². The lowest BCUT2D eigenvalue weighted by Crippen LogP contribution is -2.42. The van der Waals surface area contributed by atoms with Gasteiger partial charge in [-0.1, -0.05) is 60.7 Å². The quantitative estimate of drug-likeness (QED) is 0.412. The normalized spacial score (nSPS) is 19.6. The molecule has 0 N–H and O–H groups in total. The largest absolute Gasteiger partial charge is 0.419 e. The van der Waals surface area contributed by atoms with Crippen LogP contribution in [0.5, 0.6) is 0 Å². The maximum absolute atomic E-state index is 13.6. The lowest BCUT2D eigenvalue weighted by Gasteiger charge is -2.31. The topological polar surface area (TPSA) is 72.9 Å². The molecule has 0 aromatic heterocycles. The van der Waals surface area contributed by atoms with Gasteiger partial charge in [0.05, 0.1) is 17.0 Å². The van der Waals surface area contributed by atoms with E-state index < -0.39 is 17.7 Å². The van der Waals surface area contributed by atoms with E-state index in [1.54, 1.807) is 17.2 Å². The number of allylic oxidation sites excluding steroid dienone is 4. The molecule has 0 saturated carbocycles. The van der Waals surface area contributed by atoms with Crippen molar-refractivity contribution in [2.45, 2.75) is 19.6 Å². The van der Waals surface area contributed by atoms with Crippen LogP contribution in [0.25, 0.3) is 11.3 Å². The molecule has 1 fully saturated rings. The SMILES string of the molecule is CC1(C)OC(=O)C(=C2C=CN3C(=C2)C(=O)C(c2ccccc2)=C3c2ccccc2)C(=O)O1. The first-order chi connectivity index (χ1) is 15.4. The van der Waals surface area contributed by atoms with E-state index in [-0.39, 0.29) is 16.9 Å². The Balaban J connectivity index is 1.65. The van der Waals surface area contributed by atoms with E-state index in [9.17, 15) is 14.4 Å². The number of fused-ring (bicyclic) bond motifs is 1. The number of nitrogens with zero attached hydrogens (tertiary/aromatic N) is 1. The maximum Gasteiger partial charge on any atom is 0.349 e. The van der Waals surface area contributed by atoms with Gasteiger partial charge in [0.15, 0.2) is 5.57 Å². The van der Waals surface area contributed by atoms with Crippen LogP contribution in [0.2, 0.25) is 0 Å². The number of ether oxygens (including phenoxy) is 2. The molecular weight excluding hydrogens is 406 g/mol. The Morgan fingerprint density at radius 3 is 1.91 bits per heavy atom. The average molecular weight is 425 g/mol. The van der Waals surface area contributed by atoms with Crippen molar-refractivity contribution in [3.63, 3.8) is 0 Å². The van der Waals surface area contributed by atoms with Crippen LogP contribution in [-0.4, -0.2) is 28.4 Å². The Bertz CT molecular complexity index is 1260. The molecule has 2 aromatic rings. The summed E-state index contributed by atoms with van der Waals surface area (Å²) in [7, 11) is 0. The lowest BCUT2D eigenvalue weighted by molar-refractivity contribution is -0.222. The molecule has 0 aliphatic carbocycles. The van der Waals surface area contributed by atoms with Crippen LogP contribution in [0.4, 0.5) is 0 Å². The van der Waals surface area contributed by atoms with Crippen molar-refractivity contribution in [1.82, 2.24) is 4.90 Å². The Kier molecular flexibility index (Phi) is 4.44. The predicted octanol–water partition coefficient (Wildman–Crippen LogP) is 3.98. The van der Waals surface area contributed by atoms with Gasteiger partial charge in [0, 0.05) is 25.6 Å². The van der Waals surface area contributed by atoms with Crippen molar-refractivity contribution in [3.8, 4) is 0 Å². The van der Waals surface area contributed by atoms with Gasteiger partial charge in [-0.3, -0.25) is 4.79 Å². The van der Waals surface area contributed by atoms with Crippen LogP contribution in [-0.2, 0) is 23.9 Å². The Labute approximate surface area is 184 Å². The summed E-state index contributed by atoms with van der Waals surface area (Å²) in [6.45, 7) is 2.98. The molecule has 1 saturated heterocycles. The molecule has 158 valence electrons. The fourth-order valence-electron chi connectivity index (χ4n) is 4.02. The van der Waals surface area contributed by atoms with Crippen molar-refractivity contribution in [2.75, 3.05) is 0 Å². The van der Waals surface area contributed by atoms with Gasteiger partial charge in [-0.2, -0.15) is 0 Å². The maximum atomic E-state index is 13.6. The number of carbonyl (C=O) groups is 3. The fourth-order valence-corrected chi connectivity index (χ4v) is 4.02. The zero-order valence-corrected chi connectivity index (χ0v) is 17.5. The summed E-state index contributed by atoms with van der Waals surface area (Å²) in [5.74, 6) is -3.08. The van der Waals surface area contributed by atoms with Crippen molar-refractivity contribution >= 4 is 29.0 Å². The fraction of sp³-hybridized carbons (Fsp3) is 0.115. The highest BCUT2D eigenvalue weighted by Crippen LogP contribution is 2.43. The standard InChI is InChI=1S/C26H19NO5/c1-26(2)31-24(29)21(25(30)32-26)18-13-14-27-19(15-18)23(28)20(16-9-5-3-6-10-16)22(27)17-11-7-4-8-12-17/h3-15H,1-2H3. The van der Waals surface area contributed by atoms with E-state index in [4.69, 9.17) is 9.47 Å². The smallest absolute Gasteiger partial charge is 0.349 e. The Hall–Kier alpha value is -4.19. The first kappa shape index (κ1) is 19.8. The van der Waals surface area contributed by atoms with Gasteiger partial charge in [-0.15, -0.1) is 0 Å². The van der Waals surface area contributed by atoms with Gasteiger partial charge >= 0.3 is 11.9 Å². The second kappa shape index (κ2) is 7.20. The van der Waals surface area contributed by atoms with Gasteiger partial charge in [-0.05, 0) is 23.3 Å². The minimum atomic E-state index is -1.33. The summed E-state index contributed by atoms with van der Waals surface area (Å²) in [5, 5.41) is 0. The van der Waals surface area contributed by atoms with Gasteiger partial charge in [-0.25, -0.2) is 9.59 Å². The number of cyclic esters (lactones) is 2. The molecule has 0 radical (unpaired) electrons. The van der Waals surface area contributed by atoms with E-state index in [1.807, 2.05) is 60.7 Å². The van der Waals surface area contributed by atoms with Crippen LogP contribution < -0.4 is 0 Å². The molecular formula is C26H19NO5. The van der Waals surface area contributed by atoms with Gasteiger partial charge < -0.3 is 14.4 Å². The van der Waals surface area contributed by atoms with Crippen molar-refractivity contribution in [2.24, 2.45) is 0 Å². The number of carbonyl (C=O) groups excluding carboxylic acids is 3. The monoisotopic (exact) mass is 425 g/mol. The molecule has 6 nitrogen and oxygen atoms in total. The third kappa shape index (κ3) is 3.17. The van der Waals surface area contributed by atoms with E-state index in [0.717, 1.165) is 16.8 Å². The molecule has 0 unspecified atom stereocenters. The first-order valence-electron chi connectivity index (χ1n) is 10.2. The minimum Gasteiger partial charge on any atom is -0.419 e. The molecule has 0 atom stereocenters. The zero-order valence-electron chi connectivity index (χ0n) is 17.5. The first-order valence-corrected chi connectivity index (χ1v) is 10.2. The molecule has 6 heteroatoms. The molecule has 0 amide bonds. The van der Waals surface area contributed by atoms with Gasteiger partial charge in [0.25, 0.3) is 5.79 Å². The third-order valence-corrected chi connectivity index (χ3v) is 5.38. The van der Waals surface area contributed by atoms with Crippen LogP contribution >= 0.6 is 0 Å². The van der Waals surface area contributed by atoms with E-state index in [2.05, 4.69) is 0 Å². The molecule has 0 bridgehead atoms. The van der Waals surface area contributed by atoms with Crippen molar-refractivity contribution < 1.29 is 23.9 Å².